The molecular formula is C11H13BrN2. The van der Waals surface area contributed by atoms with E-state index in [1.54, 1.807) is 0 Å². The van der Waals surface area contributed by atoms with E-state index in [1.807, 2.05) is 0 Å². The number of hydrogen-bond acceptors (Lipinski definition) is 1. The molecule has 0 bridgehead atoms. The Kier molecular flexibility index (Phi) is 2.89. The van der Waals surface area contributed by atoms with E-state index < -0.39 is 0 Å². The summed E-state index contributed by atoms with van der Waals surface area (Å²) in [5.74, 6) is 0. The molecule has 2 nitrogen and oxygen atoms in total. The summed E-state index contributed by atoms with van der Waals surface area (Å²) < 4.78 is 3.39. The zero-order chi connectivity index (χ0) is 9.97. The van der Waals surface area contributed by atoms with E-state index in [2.05, 4.69) is 51.0 Å². The topological polar surface area (TPSA) is 30.9 Å². The highest BCUT2D eigenvalue weighted by Gasteiger charge is 2.03. The molecule has 2 aromatic rings. The molecule has 0 atom stereocenters. The van der Waals surface area contributed by atoms with Crippen LogP contribution in [-0.2, 0) is 6.54 Å². The fourth-order valence-corrected chi connectivity index (χ4v) is 2.27. The highest BCUT2D eigenvalue weighted by Crippen LogP contribution is 2.24. The number of nitrogens with two attached hydrogens (primary N) is 1. The first-order valence-electron chi connectivity index (χ1n) is 4.76. The van der Waals surface area contributed by atoms with Crippen LogP contribution < -0.4 is 5.73 Å². The Morgan fingerprint density at radius 1 is 1.29 bits per heavy atom. The monoisotopic (exact) mass is 252 g/mol. The molecule has 0 radical (unpaired) electrons. The average molecular weight is 253 g/mol. The molecule has 14 heavy (non-hydrogen) atoms. The van der Waals surface area contributed by atoms with Gasteiger partial charge in [0.25, 0.3) is 0 Å². The Labute approximate surface area is 91.8 Å². The summed E-state index contributed by atoms with van der Waals surface area (Å²) in [5.41, 5.74) is 6.77. The second-order valence-electron chi connectivity index (χ2n) is 3.33. The Balaban J connectivity index is 2.45. The minimum atomic E-state index is 0.740. The van der Waals surface area contributed by atoms with Gasteiger partial charge in [-0.3, -0.25) is 0 Å². The van der Waals surface area contributed by atoms with Gasteiger partial charge < -0.3 is 10.3 Å². The first-order chi connectivity index (χ1) is 6.83. The van der Waals surface area contributed by atoms with Crippen molar-refractivity contribution < 1.29 is 0 Å². The van der Waals surface area contributed by atoms with Crippen molar-refractivity contribution in [2.45, 2.75) is 13.0 Å². The third kappa shape index (κ3) is 1.70. The van der Waals surface area contributed by atoms with Gasteiger partial charge in [-0.1, -0.05) is 12.1 Å². The Bertz CT molecular complexity index is 434. The minimum Gasteiger partial charge on any atom is -0.347 e. The van der Waals surface area contributed by atoms with E-state index in [0.29, 0.717) is 0 Å². The Morgan fingerprint density at radius 2 is 2.14 bits per heavy atom. The third-order valence-electron chi connectivity index (χ3n) is 2.34. The molecule has 0 saturated carbocycles. The summed E-state index contributed by atoms with van der Waals surface area (Å²) in [6.45, 7) is 1.73. The molecule has 1 aromatic carbocycles. The predicted octanol–water partition coefficient (Wildman–Crippen LogP) is 2.75. The lowest BCUT2D eigenvalue weighted by Crippen LogP contribution is -2.04. The number of nitrogens with zero attached hydrogens (tertiary/aromatic N) is 1. The summed E-state index contributed by atoms with van der Waals surface area (Å²) >= 11 is 3.57. The van der Waals surface area contributed by atoms with Gasteiger partial charge in [-0.25, -0.2) is 0 Å². The summed E-state index contributed by atoms with van der Waals surface area (Å²) in [6, 6.07) is 8.39. The number of aromatic nitrogens is 1. The molecule has 2 rings (SSSR count). The maximum absolute atomic E-state index is 5.50. The maximum atomic E-state index is 5.50. The molecule has 0 fully saturated rings. The van der Waals surface area contributed by atoms with Crippen LogP contribution >= 0.6 is 15.9 Å². The van der Waals surface area contributed by atoms with Crippen molar-refractivity contribution >= 4 is 26.8 Å². The molecule has 0 aliphatic heterocycles. The van der Waals surface area contributed by atoms with Crippen LogP contribution in [0.3, 0.4) is 0 Å². The third-order valence-corrected chi connectivity index (χ3v) is 2.98. The van der Waals surface area contributed by atoms with Crippen molar-refractivity contribution in [1.82, 2.24) is 4.57 Å². The van der Waals surface area contributed by atoms with E-state index in [1.165, 1.54) is 10.9 Å². The summed E-state index contributed by atoms with van der Waals surface area (Å²) in [6.07, 6.45) is 3.14. The van der Waals surface area contributed by atoms with Gasteiger partial charge in [0.2, 0.25) is 0 Å². The van der Waals surface area contributed by atoms with E-state index >= 15 is 0 Å². The van der Waals surface area contributed by atoms with Crippen molar-refractivity contribution in [1.29, 1.82) is 0 Å². The van der Waals surface area contributed by atoms with Crippen molar-refractivity contribution in [3.63, 3.8) is 0 Å². The highest BCUT2D eigenvalue weighted by atomic mass is 79.9. The number of halogens is 1. The molecule has 1 aromatic heterocycles. The molecular weight excluding hydrogens is 240 g/mol. The van der Waals surface area contributed by atoms with E-state index in [4.69, 9.17) is 5.73 Å². The largest absolute Gasteiger partial charge is 0.347 e. The van der Waals surface area contributed by atoms with Crippen molar-refractivity contribution in [2.24, 2.45) is 5.73 Å². The van der Waals surface area contributed by atoms with Crippen LogP contribution in [0.2, 0.25) is 0 Å². The Hall–Kier alpha value is -0.800. The van der Waals surface area contributed by atoms with Gasteiger partial charge in [0.15, 0.2) is 0 Å². The van der Waals surface area contributed by atoms with Gasteiger partial charge in [0.05, 0.1) is 5.52 Å². The van der Waals surface area contributed by atoms with E-state index in [-0.39, 0.29) is 0 Å². The van der Waals surface area contributed by atoms with Crippen LogP contribution in [0, 0.1) is 0 Å². The van der Waals surface area contributed by atoms with Crippen LogP contribution in [0.1, 0.15) is 6.42 Å². The number of para-hydroxylation sites is 1. The molecule has 0 aliphatic carbocycles. The molecule has 2 N–H and O–H groups in total. The highest BCUT2D eigenvalue weighted by molar-refractivity contribution is 9.10. The summed E-state index contributed by atoms with van der Waals surface area (Å²) in [7, 11) is 0. The van der Waals surface area contributed by atoms with Gasteiger partial charge >= 0.3 is 0 Å². The maximum Gasteiger partial charge on any atom is 0.0624 e. The van der Waals surface area contributed by atoms with Gasteiger partial charge in [0, 0.05) is 22.6 Å². The van der Waals surface area contributed by atoms with Crippen LogP contribution in [0.4, 0.5) is 0 Å². The second-order valence-corrected chi connectivity index (χ2v) is 4.18. The van der Waals surface area contributed by atoms with Crippen molar-refractivity contribution in [2.75, 3.05) is 6.54 Å². The van der Waals surface area contributed by atoms with E-state index in [9.17, 15) is 0 Å². The lowest BCUT2D eigenvalue weighted by atomic mass is 10.2. The molecule has 0 spiro atoms. The lowest BCUT2D eigenvalue weighted by molar-refractivity contribution is 0.670. The SMILES string of the molecule is NCCCn1ccc2cccc(Br)c21. The number of hydrogen-bond donors (Lipinski definition) is 1. The lowest BCUT2D eigenvalue weighted by Gasteiger charge is -2.05. The molecule has 0 amide bonds. The van der Waals surface area contributed by atoms with Crippen LogP contribution in [0.15, 0.2) is 34.9 Å². The zero-order valence-electron chi connectivity index (χ0n) is 7.91. The average Bonchev–Trinajstić information content (AvgIpc) is 2.59. The predicted molar refractivity (Wildman–Crippen MR) is 63.3 cm³/mol. The van der Waals surface area contributed by atoms with Crippen molar-refractivity contribution in [3.8, 4) is 0 Å². The normalized spacial score (nSPS) is 11.0. The van der Waals surface area contributed by atoms with Gasteiger partial charge in [-0.2, -0.15) is 0 Å². The molecule has 74 valence electrons. The molecule has 0 saturated heterocycles. The fraction of sp³-hybridized carbons (Fsp3) is 0.273. The summed E-state index contributed by atoms with van der Waals surface area (Å²) in [4.78, 5) is 0. The van der Waals surface area contributed by atoms with Crippen LogP contribution in [-0.4, -0.2) is 11.1 Å². The van der Waals surface area contributed by atoms with Gasteiger partial charge in [-0.15, -0.1) is 0 Å². The summed E-state index contributed by atoms with van der Waals surface area (Å²) in [5, 5.41) is 1.27. The standard InChI is InChI=1S/C11H13BrN2/c12-10-4-1-3-9-5-8-14(11(9)10)7-2-6-13/h1,3-5,8H,2,6-7,13H2. The molecule has 0 aliphatic rings. The van der Waals surface area contributed by atoms with Crippen LogP contribution in [0.25, 0.3) is 10.9 Å². The first kappa shape index (κ1) is 9.74. The van der Waals surface area contributed by atoms with Crippen LogP contribution in [0.5, 0.6) is 0 Å². The second kappa shape index (κ2) is 4.15. The fourth-order valence-electron chi connectivity index (χ4n) is 1.66. The van der Waals surface area contributed by atoms with Crippen molar-refractivity contribution in [3.05, 3.63) is 34.9 Å². The van der Waals surface area contributed by atoms with Gasteiger partial charge in [0.1, 0.15) is 0 Å². The number of rotatable bonds is 3. The number of benzene rings is 1. The molecule has 3 heteroatoms. The molecule has 0 unspecified atom stereocenters. The molecule has 1 heterocycles. The zero-order valence-corrected chi connectivity index (χ0v) is 9.50. The number of fused-ring (bicyclic) bond motifs is 1. The smallest absolute Gasteiger partial charge is 0.0624 e. The minimum absolute atomic E-state index is 0.740. The van der Waals surface area contributed by atoms with Gasteiger partial charge in [-0.05, 0) is 41.0 Å². The number of aryl methyl sites for hydroxylation is 1. The Morgan fingerprint density at radius 3 is 2.93 bits per heavy atom. The quantitative estimate of drug-likeness (QED) is 0.895. The van der Waals surface area contributed by atoms with E-state index in [0.717, 1.165) is 24.0 Å². The first-order valence-corrected chi connectivity index (χ1v) is 5.55.